The molecule has 0 unspecified atom stereocenters. The van der Waals surface area contributed by atoms with E-state index in [-0.39, 0.29) is 5.54 Å². The molecule has 0 radical (unpaired) electrons. The van der Waals surface area contributed by atoms with Gasteiger partial charge in [0.1, 0.15) is 0 Å². The molecule has 0 bridgehead atoms. The SMILES string of the molecule is Cc1cccc2cccc(C3(N)CNC3)c12. The van der Waals surface area contributed by atoms with Gasteiger partial charge in [0, 0.05) is 13.1 Å². The van der Waals surface area contributed by atoms with Gasteiger partial charge >= 0.3 is 0 Å². The summed E-state index contributed by atoms with van der Waals surface area (Å²) in [7, 11) is 0. The van der Waals surface area contributed by atoms with Gasteiger partial charge in [0.15, 0.2) is 0 Å². The van der Waals surface area contributed by atoms with Crippen molar-refractivity contribution < 1.29 is 0 Å². The molecule has 16 heavy (non-hydrogen) atoms. The van der Waals surface area contributed by atoms with Crippen LogP contribution in [0.25, 0.3) is 10.8 Å². The third-order valence-electron chi connectivity index (χ3n) is 3.53. The highest BCUT2D eigenvalue weighted by atomic mass is 15.1. The molecule has 0 aliphatic carbocycles. The number of nitrogens with two attached hydrogens (primary N) is 1. The first kappa shape index (κ1) is 9.82. The summed E-state index contributed by atoms with van der Waals surface area (Å²) in [6, 6.07) is 12.8. The van der Waals surface area contributed by atoms with Gasteiger partial charge in [-0.25, -0.2) is 0 Å². The quantitative estimate of drug-likeness (QED) is 0.757. The largest absolute Gasteiger partial charge is 0.319 e. The van der Waals surface area contributed by atoms with Crippen molar-refractivity contribution in [3.8, 4) is 0 Å². The van der Waals surface area contributed by atoms with E-state index in [9.17, 15) is 0 Å². The van der Waals surface area contributed by atoms with Crippen molar-refractivity contribution in [1.29, 1.82) is 0 Å². The Labute approximate surface area is 95.5 Å². The van der Waals surface area contributed by atoms with Crippen LogP contribution in [-0.2, 0) is 5.54 Å². The summed E-state index contributed by atoms with van der Waals surface area (Å²) in [5, 5.41) is 5.87. The molecule has 0 aromatic heterocycles. The van der Waals surface area contributed by atoms with Crippen LogP contribution in [0, 0.1) is 6.92 Å². The smallest absolute Gasteiger partial charge is 0.0668 e. The molecule has 0 saturated carbocycles. The van der Waals surface area contributed by atoms with Crippen molar-refractivity contribution in [2.24, 2.45) is 5.73 Å². The van der Waals surface area contributed by atoms with E-state index in [0.29, 0.717) is 0 Å². The topological polar surface area (TPSA) is 38.0 Å². The molecule has 1 fully saturated rings. The first-order valence-corrected chi connectivity index (χ1v) is 5.69. The van der Waals surface area contributed by atoms with Crippen LogP contribution in [0.15, 0.2) is 36.4 Å². The van der Waals surface area contributed by atoms with Crippen LogP contribution in [-0.4, -0.2) is 13.1 Å². The molecular formula is C14H16N2. The second kappa shape index (κ2) is 3.30. The molecule has 0 spiro atoms. The van der Waals surface area contributed by atoms with Crippen LogP contribution >= 0.6 is 0 Å². The average molecular weight is 212 g/mol. The summed E-state index contributed by atoms with van der Waals surface area (Å²) in [5.41, 5.74) is 8.81. The summed E-state index contributed by atoms with van der Waals surface area (Å²) in [6.45, 7) is 3.90. The predicted molar refractivity (Wildman–Crippen MR) is 67.4 cm³/mol. The highest BCUT2D eigenvalue weighted by Gasteiger charge is 2.35. The summed E-state index contributed by atoms with van der Waals surface area (Å²) in [4.78, 5) is 0. The molecule has 2 nitrogen and oxygen atoms in total. The summed E-state index contributed by atoms with van der Waals surface area (Å²) < 4.78 is 0. The van der Waals surface area contributed by atoms with Crippen LogP contribution in [0.2, 0.25) is 0 Å². The lowest BCUT2D eigenvalue weighted by Gasteiger charge is -2.40. The van der Waals surface area contributed by atoms with Crippen molar-refractivity contribution in [3.05, 3.63) is 47.5 Å². The third kappa shape index (κ3) is 1.27. The molecule has 1 aliphatic rings. The van der Waals surface area contributed by atoms with Crippen molar-refractivity contribution in [2.75, 3.05) is 13.1 Å². The minimum atomic E-state index is -0.175. The van der Waals surface area contributed by atoms with Gasteiger partial charge in [0.25, 0.3) is 0 Å². The second-order valence-corrected chi connectivity index (χ2v) is 4.74. The third-order valence-corrected chi connectivity index (χ3v) is 3.53. The minimum Gasteiger partial charge on any atom is -0.319 e. The average Bonchev–Trinajstić information content (AvgIpc) is 2.26. The zero-order chi connectivity index (χ0) is 11.2. The first-order valence-electron chi connectivity index (χ1n) is 5.69. The highest BCUT2D eigenvalue weighted by Crippen LogP contribution is 2.31. The number of hydrogen-bond donors (Lipinski definition) is 2. The van der Waals surface area contributed by atoms with E-state index in [2.05, 4.69) is 48.6 Å². The van der Waals surface area contributed by atoms with Gasteiger partial charge in [0.05, 0.1) is 5.54 Å². The van der Waals surface area contributed by atoms with Gasteiger partial charge in [0.2, 0.25) is 0 Å². The van der Waals surface area contributed by atoms with Crippen LogP contribution in [0.4, 0.5) is 0 Å². The lowest BCUT2D eigenvalue weighted by Crippen LogP contribution is -2.62. The fourth-order valence-electron chi connectivity index (χ4n) is 2.53. The lowest BCUT2D eigenvalue weighted by atomic mass is 9.81. The minimum absolute atomic E-state index is 0.175. The lowest BCUT2D eigenvalue weighted by molar-refractivity contribution is 0.289. The fourth-order valence-corrected chi connectivity index (χ4v) is 2.53. The van der Waals surface area contributed by atoms with Crippen LogP contribution < -0.4 is 11.1 Å². The van der Waals surface area contributed by atoms with Gasteiger partial charge in [-0.05, 0) is 28.8 Å². The van der Waals surface area contributed by atoms with E-state index in [1.807, 2.05) is 0 Å². The van der Waals surface area contributed by atoms with Gasteiger partial charge in [-0.3, -0.25) is 0 Å². The molecule has 2 heteroatoms. The molecule has 1 aliphatic heterocycles. The van der Waals surface area contributed by atoms with E-state index in [4.69, 9.17) is 5.73 Å². The maximum Gasteiger partial charge on any atom is 0.0668 e. The molecule has 1 heterocycles. The number of aryl methyl sites for hydroxylation is 1. The summed E-state index contributed by atoms with van der Waals surface area (Å²) >= 11 is 0. The van der Waals surface area contributed by atoms with Gasteiger partial charge in [-0.15, -0.1) is 0 Å². The molecule has 2 aromatic rings. The first-order chi connectivity index (χ1) is 7.71. The fraction of sp³-hybridized carbons (Fsp3) is 0.286. The molecule has 0 amide bonds. The van der Waals surface area contributed by atoms with Gasteiger partial charge < -0.3 is 11.1 Å². The molecule has 3 rings (SSSR count). The van der Waals surface area contributed by atoms with Crippen molar-refractivity contribution in [3.63, 3.8) is 0 Å². The Kier molecular flexibility index (Phi) is 2.03. The molecular weight excluding hydrogens is 196 g/mol. The standard InChI is InChI=1S/C14H16N2/c1-10-4-2-5-11-6-3-7-12(13(10)11)14(15)8-16-9-14/h2-7,16H,8-9,15H2,1H3. The van der Waals surface area contributed by atoms with E-state index in [1.165, 1.54) is 21.9 Å². The summed E-state index contributed by atoms with van der Waals surface area (Å²) in [6.07, 6.45) is 0. The Bertz CT molecular complexity index is 536. The van der Waals surface area contributed by atoms with E-state index >= 15 is 0 Å². The number of rotatable bonds is 1. The zero-order valence-electron chi connectivity index (χ0n) is 9.46. The monoisotopic (exact) mass is 212 g/mol. The maximum atomic E-state index is 6.40. The van der Waals surface area contributed by atoms with Gasteiger partial charge in [-0.2, -0.15) is 0 Å². The normalized spacial score (nSPS) is 18.4. The zero-order valence-corrected chi connectivity index (χ0v) is 9.46. The number of nitrogens with one attached hydrogen (secondary N) is 1. The Morgan fingerprint density at radius 3 is 2.44 bits per heavy atom. The Morgan fingerprint density at radius 1 is 1.12 bits per heavy atom. The molecule has 82 valence electrons. The molecule has 1 saturated heterocycles. The number of fused-ring (bicyclic) bond motifs is 1. The van der Waals surface area contributed by atoms with Crippen LogP contribution in [0.1, 0.15) is 11.1 Å². The number of hydrogen-bond acceptors (Lipinski definition) is 2. The summed E-state index contributed by atoms with van der Waals surface area (Å²) in [5.74, 6) is 0. The molecule has 0 atom stereocenters. The Hall–Kier alpha value is -1.38. The number of benzene rings is 2. The van der Waals surface area contributed by atoms with Gasteiger partial charge in [-0.1, -0.05) is 36.4 Å². The molecule has 3 N–H and O–H groups in total. The van der Waals surface area contributed by atoms with E-state index in [0.717, 1.165) is 13.1 Å². The Balaban J connectivity index is 2.32. The van der Waals surface area contributed by atoms with Crippen molar-refractivity contribution in [1.82, 2.24) is 5.32 Å². The van der Waals surface area contributed by atoms with Crippen LogP contribution in [0.3, 0.4) is 0 Å². The van der Waals surface area contributed by atoms with Crippen LogP contribution in [0.5, 0.6) is 0 Å². The predicted octanol–water partition coefficient (Wildman–Crippen LogP) is 1.91. The van der Waals surface area contributed by atoms with Crippen molar-refractivity contribution in [2.45, 2.75) is 12.5 Å². The van der Waals surface area contributed by atoms with E-state index < -0.39 is 0 Å². The highest BCUT2D eigenvalue weighted by molar-refractivity contribution is 5.89. The Morgan fingerprint density at radius 2 is 1.81 bits per heavy atom. The maximum absolute atomic E-state index is 6.40. The van der Waals surface area contributed by atoms with E-state index in [1.54, 1.807) is 0 Å². The van der Waals surface area contributed by atoms with Crippen molar-refractivity contribution >= 4 is 10.8 Å². The molecule has 2 aromatic carbocycles. The second-order valence-electron chi connectivity index (χ2n) is 4.74.